The normalized spacial score (nSPS) is 18.3. The number of thiophene rings is 1. The Morgan fingerprint density at radius 3 is 2.51 bits per heavy atom. The summed E-state index contributed by atoms with van der Waals surface area (Å²) in [4.78, 5) is 24.5. The summed E-state index contributed by atoms with van der Waals surface area (Å²) < 4.78 is 44.5. The van der Waals surface area contributed by atoms with Gasteiger partial charge in [-0.3, -0.25) is 9.69 Å². The number of halogens is 3. The minimum Gasteiger partial charge on any atom is -0.368 e. The Labute approximate surface area is 205 Å². The van der Waals surface area contributed by atoms with Crippen molar-refractivity contribution >= 4 is 22.9 Å². The summed E-state index contributed by atoms with van der Waals surface area (Å²) in [6.45, 7) is 4.19. The molecule has 0 N–H and O–H groups in total. The highest BCUT2D eigenvalue weighted by molar-refractivity contribution is 7.13. The van der Waals surface area contributed by atoms with E-state index >= 15 is 0 Å². The predicted octanol–water partition coefficient (Wildman–Crippen LogP) is 4.38. The molecule has 3 aromatic rings. The molecule has 7 nitrogen and oxygen atoms in total. The fraction of sp³-hybridized carbons (Fsp3) is 0.458. The first kappa shape index (κ1) is 23.8. The second kappa shape index (κ2) is 9.98. The van der Waals surface area contributed by atoms with Crippen LogP contribution in [0.15, 0.2) is 46.3 Å². The van der Waals surface area contributed by atoms with Crippen molar-refractivity contribution in [3.63, 3.8) is 0 Å². The van der Waals surface area contributed by atoms with Crippen molar-refractivity contribution in [2.45, 2.75) is 25.6 Å². The van der Waals surface area contributed by atoms with Gasteiger partial charge < -0.3 is 14.3 Å². The lowest BCUT2D eigenvalue weighted by atomic mass is 9.95. The number of piperazine rings is 1. The zero-order valence-corrected chi connectivity index (χ0v) is 19.9. The largest absolute Gasteiger partial charge is 0.416 e. The van der Waals surface area contributed by atoms with Crippen LogP contribution in [0.3, 0.4) is 0 Å². The number of carbonyl (C=O) groups excluding carboxylic acids is 1. The van der Waals surface area contributed by atoms with E-state index in [0.717, 1.165) is 36.9 Å². The quantitative estimate of drug-likeness (QED) is 0.513. The van der Waals surface area contributed by atoms with Crippen LogP contribution in [0.1, 0.15) is 24.3 Å². The molecule has 4 heterocycles. The van der Waals surface area contributed by atoms with Gasteiger partial charge in [0.05, 0.1) is 17.0 Å². The number of carbonyl (C=O) groups is 1. The maximum atomic E-state index is 13.1. The van der Waals surface area contributed by atoms with Crippen LogP contribution in [0.25, 0.3) is 10.7 Å². The number of amides is 1. The smallest absolute Gasteiger partial charge is 0.368 e. The molecule has 0 atom stereocenters. The van der Waals surface area contributed by atoms with Crippen molar-refractivity contribution in [1.82, 2.24) is 19.9 Å². The molecule has 0 radical (unpaired) electrons. The Bertz CT molecular complexity index is 1130. The van der Waals surface area contributed by atoms with Gasteiger partial charge in [0.2, 0.25) is 17.6 Å². The van der Waals surface area contributed by atoms with Crippen LogP contribution in [-0.4, -0.2) is 65.1 Å². The lowest BCUT2D eigenvalue weighted by molar-refractivity contribution is -0.138. The van der Waals surface area contributed by atoms with Gasteiger partial charge in [-0.05, 0) is 55.6 Å². The summed E-state index contributed by atoms with van der Waals surface area (Å²) in [5.41, 5.74) is -0.105. The monoisotopic (exact) mass is 505 g/mol. The highest BCUT2D eigenvalue weighted by atomic mass is 32.1. The summed E-state index contributed by atoms with van der Waals surface area (Å²) >= 11 is 1.56. The third kappa shape index (κ3) is 5.51. The summed E-state index contributed by atoms with van der Waals surface area (Å²) in [6, 6.07) is 9.28. The van der Waals surface area contributed by atoms with E-state index in [0.29, 0.717) is 50.1 Å². The molecule has 2 fully saturated rings. The fourth-order valence-corrected chi connectivity index (χ4v) is 5.33. The molecule has 2 saturated heterocycles. The van der Waals surface area contributed by atoms with Crippen LogP contribution >= 0.6 is 11.3 Å². The highest BCUT2D eigenvalue weighted by Crippen LogP contribution is 2.32. The van der Waals surface area contributed by atoms with Gasteiger partial charge in [-0.25, -0.2) is 0 Å². The first-order valence-corrected chi connectivity index (χ1v) is 12.5. The molecule has 0 spiro atoms. The lowest BCUT2D eigenvalue weighted by Gasteiger charge is -2.39. The fourth-order valence-electron chi connectivity index (χ4n) is 4.68. The van der Waals surface area contributed by atoms with Gasteiger partial charge in [-0.1, -0.05) is 17.3 Å². The lowest BCUT2D eigenvalue weighted by Crippen LogP contribution is -2.51. The minimum atomic E-state index is -4.36. The van der Waals surface area contributed by atoms with E-state index in [1.54, 1.807) is 17.4 Å². The first-order chi connectivity index (χ1) is 16.9. The summed E-state index contributed by atoms with van der Waals surface area (Å²) in [6.07, 6.45) is -2.84. The van der Waals surface area contributed by atoms with Crippen molar-refractivity contribution < 1.29 is 22.5 Å². The number of rotatable bonds is 5. The topological polar surface area (TPSA) is 65.7 Å². The predicted molar refractivity (Wildman–Crippen MR) is 126 cm³/mol. The molecule has 0 unspecified atom stereocenters. The average Bonchev–Trinajstić information content (AvgIpc) is 3.56. The highest BCUT2D eigenvalue weighted by Gasteiger charge is 2.33. The molecule has 2 aliphatic rings. The number of nitrogens with zero attached hydrogens (tertiary/aromatic N) is 5. The van der Waals surface area contributed by atoms with Crippen LogP contribution in [0.5, 0.6) is 0 Å². The van der Waals surface area contributed by atoms with Crippen LogP contribution < -0.4 is 4.90 Å². The number of hydrogen-bond donors (Lipinski definition) is 0. The number of likely N-dealkylation sites (tertiary alicyclic amines) is 1. The number of benzene rings is 1. The standard InChI is InChI=1S/C24H26F3N5O2S/c25-24(26,27)18-3-1-4-19(15-18)31-10-12-32(13-11-31)23(33)17-6-8-30(9-7-17)16-21-28-22(29-34-21)20-5-2-14-35-20/h1-5,14-15,17H,6-13,16H2. The van der Waals surface area contributed by atoms with E-state index in [2.05, 4.69) is 15.0 Å². The number of aromatic nitrogens is 2. The maximum Gasteiger partial charge on any atom is 0.416 e. The van der Waals surface area contributed by atoms with Gasteiger partial charge in [0.1, 0.15) is 0 Å². The van der Waals surface area contributed by atoms with Crippen molar-refractivity contribution in [3.8, 4) is 10.7 Å². The van der Waals surface area contributed by atoms with Crippen LogP contribution in [0, 0.1) is 5.92 Å². The summed E-state index contributed by atoms with van der Waals surface area (Å²) in [5, 5.41) is 6.02. The molecular weight excluding hydrogens is 479 g/mol. The third-order valence-electron chi connectivity index (χ3n) is 6.64. The van der Waals surface area contributed by atoms with Gasteiger partial charge >= 0.3 is 6.18 Å². The number of alkyl halides is 3. The number of anilines is 1. The number of hydrogen-bond acceptors (Lipinski definition) is 7. The van der Waals surface area contributed by atoms with Gasteiger partial charge in [0, 0.05) is 37.8 Å². The summed E-state index contributed by atoms with van der Waals surface area (Å²) in [5.74, 6) is 1.29. The Morgan fingerprint density at radius 1 is 1.06 bits per heavy atom. The first-order valence-electron chi connectivity index (χ1n) is 11.7. The molecule has 1 aromatic carbocycles. The van der Waals surface area contributed by atoms with E-state index in [9.17, 15) is 18.0 Å². The zero-order valence-electron chi connectivity index (χ0n) is 19.1. The maximum absolute atomic E-state index is 13.1. The molecule has 2 aromatic heterocycles. The molecule has 0 bridgehead atoms. The van der Waals surface area contributed by atoms with Crippen LogP contribution in [0.4, 0.5) is 18.9 Å². The SMILES string of the molecule is O=C(C1CCN(Cc2nc(-c3cccs3)no2)CC1)N1CCN(c2cccc(C(F)(F)F)c2)CC1. The second-order valence-corrected chi connectivity index (χ2v) is 9.85. The van der Waals surface area contributed by atoms with Crippen molar-refractivity contribution in [2.24, 2.45) is 5.92 Å². The van der Waals surface area contributed by atoms with Gasteiger partial charge in [0.25, 0.3) is 0 Å². The molecule has 0 saturated carbocycles. The van der Waals surface area contributed by atoms with Crippen LogP contribution in [0.2, 0.25) is 0 Å². The third-order valence-corrected chi connectivity index (χ3v) is 7.50. The molecule has 1 amide bonds. The van der Waals surface area contributed by atoms with E-state index in [1.165, 1.54) is 12.1 Å². The molecule has 0 aliphatic carbocycles. The molecule has 2 aliphatic heterocycles. The van der Waals surface area contributed by atoms with Crippen molar-refractivity contribution in [1.29, 1.82) is 0 Å². The second-order valence-electron chi connectivity index (χ2n) is 8.90. The molecular formula is C24H26F3N5O2S. The zero-order chi connectivity index (χ0) is 24.4. The van der Waals surface area contributed by atoms with Gasteiger partial charge in [-0.15, -0.1) is 11.3 Å². The number of piperidine rings is 1. The van der Waals surface area contributed by atoms with E-state index < -0.39 is 11.7 Å². The van der Waals surface area contributed by atoms with E-state index in [4.69, 9.17) is 4.52 Å². The molecule has 35 heavy (non-hydrogen) atoms. The average molecular weight is 506 g/mol. The Morgan fingerprint density at radius 2 is 1.83 bits per heavy atom. The van der Waals surface area contributed by atoms with Gasteiger partial charge in [0.15, 0.2) is 0 Å². The van der Waals surface area contributed by atoms with Crippen LogP contribution in [-0.2, 0) is 17.5 Å². The van der Waals surface area contributed by atoms with Gasteiger partial charge in [-0.2, -0.15) is 18.2 Å². The van der Waals surface area contributed by atoms with Crippen molar-refractivity contribution in [2.75, 3.05) is 44.2 Å². The Balaban J connectivity index is 1.09. The molecule has 11 heteroatoms. The Kier molecular flexibility index (Phi) is 6.79. The van der Waals surface area contributed by atoms with E-state index in [1.807, 2.05) is 27.3 Å². The minimum absolute atomic E-state index is 0.0317. The van der Waals surface area contributed by atoms with E-state index in [-0.39, 0.29) is 11.8 Å². The van der Waals surface area contributed by atoms with Crippen molar-refractivity contribution in [3.05, 3.63) is 53.2 Å². The summed E-state index contributed by atoms with van der Waals surface area (Å²) in [7, 11) is 0. The molecule has 5 rings (SSSR count). The Hall–Kier alpha value is -2.92. The molecule has 186 valence electrons.